The van der Waals surface area contributed by atoms with Crippen LogP contribution in [0, 0.1) is 17.6 Å². The van der Waals surface area contributed by atoms with Crippen LogP contribution in [-0.4, -0.2) is 32.3 Å². The number of guanidine groups is 1. The smallest absolute Gasteiger partial charge is 0.191 e. The summed E-state index contributed by atoms with van der Waals surface area (Å²) >= 11 is 0. The summed E-state index contributed by atoms with van der Waals surface area (Å²) < 4.78 is 37.4. The van der Waals surface area contributed by atoms with Gasteiger partial charge in [-0.05, 0) is 43.2 Å². The number of benzene rings is 1. The third-order valence-electron chi connectivity index (χ3n) is 4.57. The number of nitrogens with zero attached hydrogens (tertiary/aromatic N) is 1. The van der Waals surface area contributed by atoms with Crippen LogP contribution in [0.5, 0.6) is 0 Å². The minimum atomic E-state index is -0.853. The van der Waals surface area contributed by atoms with Gasteiger partial charge < -0.3 is 19.8 Å². The molecule has 0 bridgehead atoms. The Morgan fingerprint density at radius 2 is 2.14 bits per heavy atom. The van der Waals surface area contributed by atoms with Crippen LogP contribution in [0.4, 0.5) is 8.78 Å². The molecule has 1 aromatic carbocycles. The number of aliphatic imine (C=N–C) groups is 1. The summed E-state index contributed by atoms with van der Waals surface area (Å²) in [5.74, 6) is 0.226. The Hall–Kier alpha value is -1.68. The lowest BCUT2D eigenvalue weighted by molar-refractivity contribution is 0.187. The van der Waals surface area contributed by atoms with E-state index in [1.807, 2.05) is 19.1 Å². The summed E-state index contributed by atoms with van der Waals surface area (Å²) in [4.78, 5) is 4.65. The molecular formula is C20H26F2IN3O2. The van der Waals surface area contributed by atoms with E-state index in [-0.39, 0.29) is 30.0 Å². The van der Waals surface area contributed by atoms with Crippen molar-refractivity contribution in [3.05, 3.63) is 59.6 Å². The summed E-state index contributed by atoms with van der Waals surface area (Å²) in [5, 5.41) is 6.54. The van der Waals surface area contributed by atoms with Crippen LogP contribution in [0.25, 0.3) is 0 Å². The molecule has 1 fully saturated rings. The van der Waals surface area contributed by atoms with Crippen molar-refractivity contribution >= 4 is 29.9 Å². The lowest BCUT2D eigenvalue weighted by atomic mass is 10.1. The average Bonchev–Trinajstić information content (AvgIpc) is 3.35. The van der Waals surface area contributed by atoms with Gasteiger partial charge in [-0.15, -0.1) is 24.0 Å². The lowest BCUT2D eigenvalue weighted by Crippen LogP contribution is -2.40. The van der Waals surface area contributed by atoms with Gasteiger partial charge in [0.25, 0.3) is 0 Å². The Labute approximate surface area is 181 Å². The molecular weight excluding hydrogens is 479 g/mol. The zero-order valence-corrected chi connectivity index (χ0v) is 18.1. The summed E-state index contributed by atoms with van der Waals surface area (Å²) in [7, 11) is 0. The fourth-order valence-corrected chi connectivity index (χ4v) is 2.93. The molecule has 1 aromatic heterocycles. The van der Waals surface area contributed by atoms with Gasteiger partial charge in [-0.2, -0.15) is 0 Å². The van der Waals surface area contributed by atoms with E-state index >= 15 is 0 Å². The number of furan rings is 1. The second-order valence-corrected chi connectivity index (χ2v) is 6.71. The highest BCUT2D eigenvalue weighted by Crippen LogP contribution is 2.16. The van der Waals surface area contributed by atoms with Crippen LogP contribution in [0.2, 0.25) is 0 Å². The maximum atomic E-state index is 13.5. The van der Waals surface area contributed by atoms with E-state index in [0.717, 1.165) is 37.9 Å². The van der Waals surface area contributed by atoms with Crippen LogP contribution in [0.15, 0.2) is 46.0 Å². The molecule has 28 heavy (non-hydrogen) atoms. The highest BCUT2D eigenvalue weighted by atomic mass is 127. The van der Waals surface area contributed by atoms with E-state index in [1.165, 1.54) is 6.07 Å². The molecule has 2 atom stereocenters. The summed E-state index contributed by atoms with van der Waals surface area (Å²) in [6, 6.07) is 7.47. The number of hydrogen-bond donors (Lipinski definition) is 2. The monoisotopic (exact) mass is 505 g/mol. The van der Waals surface area contributed by atoms with Gasteiger partial charge in [0.15, 0.2) is 17.6 Å². The molecule has 0 spiro atoms. The first kappa shape index (κ1) is 22.6. The van der Waals surface area contributed by atoms with Gasteiger partial charge in [-0.3, -0.25) is 4.99 Å². The molecule has 0 radical (unpaired) electrons. The topological polar surface area (TPSA) is 58.8 Å². The first-order chi connectivity index (χ1) is 13.1. The van der Waals surface area contributed by atoms with Crippen molar-refractivity contribution in [1.29, 1.82) is 0 Å². The molecule has 2 heterocycles. The maximum Gasteiger partial charge on any atom is 0.191 e. The summed E-state index contributed by atoms with van der Waals surface area (Å²) in [6.07, 6.45) is 3.37. The fraction of sp³-hybridized carbons (Fsp3) is 0.450. The zero-order chi connectivity index (χ0) is 19.1. The van der Waals surface area contributed by atoms with Crippen LogP contribution in [0.1, 0.15) is 30.7 Å². The van der Waals surface area contributed by atoms with Gasteiger partial charge in [0.2, 0.25) is 0 Å². The van der Waals surface area contributed by atoms with Gasteiger partial charge in [-0.25, -0.2) is 8.78 Å². The predicted molar refractivity (Wildman–Crippen MR) is 115 cm³/mol. The number of nitrogens with one attached hydrogen (secondary N) is 2. The number of halogens is 3. The van der Waals surface area contributed by atoms with E-state index < -0.39 is 11.6 Å². The second kappa shape index (κ2) is 11.4. The van der Waals surface area contributed by atoms with Crippen molar-refractivity contribution in [2.75, 3.05) is 26.3 Å². The minimum Gasteiger partial charge on any atom is -0.469 e. The zero-order valence-electron chi connectivity index (χ0n) is 15.8. The predicted octanol–water partition coefficient (Wildman–Crippen LogP) is 4.05. The van der Waals surface area contributed by atoms with Gasteiger partial charge in [0, 0.05) is 32.0 Å². The summed E-state index contributed by atoms with van der Waals surface area (Å²) in [6.45, 7) is 4.68. The molecule has 0 amide bonds. The van der Waals surface area contributed by atoms with Crippen molar-refractivity contribution in [2.45, 2.75) is 25.8 Å². The third-order valence-corrected chi connectivity index (χ3v) is 4.57. The molecule has 2 aromatic rings. The lowest BCUT2D eigenvalue weighted by Gasteiger charge is -2.19. The van der Waals surface area contributed by atoms with Crippen molar-refractivity contribution in [2.24, 2.45) is 10.9 Å². The Balaban J connectivity index is 0.00000280. The van der Waals surface area contributed by atoms with E-state index in [1.54, 1.807) is 12.3 Å². The molecule has 154 valence electrons. The van der Waals surface area contributed by atoms with E-state index in [9.17, 15) is 8.78 Å². The molecule has 2 N–H and O–H groups in total. The maximum absolute atomic E-state index is 13.5. The highest BCUT2D eigenvalue weighted by molar-refractivity contribution is 14.0. The van der Waals surface area contributed by atoms with Crippen molar-refractivity contribution < 1.29 is 17.9 Å². The van der Waals surface area contributed by atoms with Crippen LogP contribution >= 0.6 is 24.0 Å². The summed E-state index contributed by atoms with van der Waals surface area (Å²) in [5.41, 5.74) is 0.652. The molecule has 2 unspecified atom stereocenters. The molecule has 0 aliphatic carbocycles. The number of rotatable bonds is 7. The van der Waals surface area contributed by atoms with E-state index in [4.69, 9.17) is 9.15 Å². The van der Waals surface area contributed by atoms with Crippen molar-refractivity contribution in [1.82, 2.24) is 10.6 Å². The Morgan fingerprint density at radius 1 is 1.29 bits per heavy atom. The fourth-order valence-electron chi connectivity index (χ4n) is 2.93. The highest BCUT2D eigenvalue weighted by Gasteiger charge is 2.16. The molecule has 1 aliphatic heterocycles. The average molecular weight is 505 g/mol. The Morgan fingerprint density at radius 3 is 2.82 bits per heavy atom. The first-order valence-corrected chi connectivity index (χ1v) is 9.21. The standard InChI is InChI=1S/C20H25F2N3O2.HI/c1-14(16-4-5-18(21)19(22)11-16)25-20(24-12-15-7-10-26-13-15)23-8-6-17-3-2-9-27-17;/h2-5,9,11,14-15H,6-8,10,12-13H2,1H3,(H2,23,24,25);1H. The Bertz CT molecular complexity index is 750. The number of hydrogen-bond acceptors (Lipinski definition) is 3. The van der Waals surface area contributed by atoms with E-state index in [0.29, 0.717) is 30.5 Å². The largest absolute Gasteiger partial charge is 0.469 e. The number of ether oxygens (including phenoxy) is 1. The first-order valence-electron chi connectivity index (χ1n) is 9.21. The minimum absolute atomic E-state index is 0. The third kappa shape index (κ3) is 6.73. The van der Waals surface area contributed by atoms with Crippen molar-refractivity contribution in [3.8, 4) is 0 Å². The molecule has 1 aliphatic rings. The molecule has 5 nitrogen and oxygen atoms in total. The normalized spacial score (nSPS) is 17.8. The molecule has 1 saturated heterocycles. The van der Waals surface area contributed by atoms with Crippen LogP contribution in [-0.2, 0) is 11.2 Å². The van der Waals surface area contributed by atoms with Crippen molar-refractivity contribution in [3.63, 3.8) is 0 Å². The Kier molecular flexibility index (Phi) is 9.17. The SMILES string of the molecule is CC(NC(=NCC1CCOC1)NCCc1ccco1)c1ccc(F)c(F)c1.I. The van der Waals surface area contributed by atoms with Crippen LogP contribution in [0.3, 0.4) is 0 Å². The molecule has 0 saturated carbocycles. The quantitative estimate of drug-likeness (QED) is 0.339. The van der Waals surface area contributed by atoms with Crippen LogP contribution < -0.4 is 10.6 Å². The molecule has 8 heteroatoms. The van der Waals surface area contributed by atoms with Gasteiger partial charge in [0.1, 0.15) is 5.76 Å². The van der Waals surface area contributed by atoms with Gasteiger partial charge >= 0.3 is 0 Å². The van der Waals surface area contributed by atoms with Gasteiger partial charge in [-0.1, -0.05) is 6.07 Å². The van der Waals surface area contributed by atoms with Gasteiger partial charge in [0.05, 0.1) is 18.9 Å². The van der Waals surface area contributed by atoms with E-state index in [2.05, 4.69) is 15.6 Å². The molecule has 3 rings (SSSR count). The second-order valence-electron chi connectivity index (χ2n) is 6.71.